The number of aromatic nitrogens is 12. The van der Waals surface area contributed by atoms with Gasteiger partial charge < -0.3 is 24.2 Å². The second-order valence-corrected chi connectivity index (χ2v) is 25.0. The highest BCUT2D eigenvalue weighted by Crippen LogP contribution is 2.48. The molecule has 18 rings (SSSR count). The van der Waals surface area contributed by atoms with Gasteiger partial charge in [0.25, 0.3) is 0 Å². The first-order valence-electron chi connectivity index (χ1n) is 32.8. The fourth-order valence-electron chi connectivity index (χ4n) is 13.8. The molecule has 0 aliphatic rings. The smallest absolute Gasteiger partial charge is 0.423 e. The molecule has 0 saturated carbocycles. The summed E-state index contributed by atoms with van der Waals surface area (Å²) in [6, 6.07) is 86.5. The molecule has 106 heavy (non-hydrogen) atoms. The van der Waals surface area contributed by atoms with Crippen LogP contribution in [-0.4, -0.2) is 84.6 Å². The van der Waals surface area contributed by atoms with Crippen molar-refractivity contribution in [2.45, 2.75) is 11.1 Å². The van der Waals surface area contributed by atoms with Crippen molar-refractivity contribution in [2.75, 3.05) is 0 Å². The number of hydrogen-bond acceptors (Lipinski definition) is 11. The van der Waals surface area contributed by atoms with Crippen molar-refractivity contribution in [1.29, 1.82) is 0 Å². The third-order valence-electron chi connectivity index (χ3n) is 18.1. The predicted molar refractivity (Wildman–Crippen MR) is 404 cm³/mol. The van der Waals surface area contributed by atoms with Crippen LogP contribution in [0.3, 0.4) is 0 Å². The molecule has 0 bridgehead atoms. The van der Waals surface area contributed by atoms with Gasteiger partial charge in [-0.3, -0.25) is 15.0 Å². The number of halogens is 7. The van der Waals surface area contributed by atoms with Crippen LogP contribution >= 0.6 is 15.9 Å². The van der Waals surface area contributed by atoms with E-state index in [-0.39, 0.29) is 13.9 Å². The van der Waals surface area contributed by atoms with E-state index in [4.69, 9.17) is 20.0 Å². The molecule has 0 fully saturated rings. The summed E-state index contributed by atoms with van der Waals surface area (Å²) in [4.78, 5) is 39.7. The molecular weight excluding hydrogens is 1410 g/mol. The van der Waals surface area contributed by atoms with E-state index < -0.39 is 53.9 Å². The monoisotopic (exact) mass is 1470 g/mol. The van der Waals surface area contributed by atoms with Crippen molar-refractivity contribution >= 4 is 103 Å². The van der Waals surface area contributed by atoms with E-state index in [2.05, 4.69) is 204 Å². The van der Waals surface area contributed by atoms with Crippen LogP contribution in [0, 0.1) is 35.7 Å². The molecule has 3 N–H and O–H groups in total. The van der Waals surface area contributed by atoms with Crippen LogP contribution in [0.25, 0.3) is 88.3 Å². The molecule has 12 aromatic heterocycles. The van der Waals surface area contributed by atoms with Crippen LogP contribution in [0.4, 0.5) is 26.3 Å². The molecule has 23 heteroatoms. The molecular formula is C83H54B2BrF6N12O2. The van der Waals surface area contributed by atoms with Crippen molar-refractivity contribution in [3.05, 3.63) is 384 Å². The third-order valence-corrected chi connectivity index (χ3v) is 18.5. The van der Waals surface area contributed by atoms with Crippen LogP contribution in [0.15, 0.2) is 315 Å². The quantitative estimate of drug-likeness (QED) is 0.0485. The van der Waals surface area contributed by atoms with Gasteiger partial charge in [-0.1, -0.05) is 182 Å². The zero-order valence-corrected chi connectivity index (χ0v) is 57.1. The first kappa shape index (κ1) is 70.2. The van der Waals surface area contributed by atoms with Gasteiger partial charge >= 0.3 is 7.12 Å². The molecule has 0 spiro atoms. The Bertz CT molecular complexity index is 5910. The number of H-pyrrole nitrogens is 1. The summed E-state index contributed by atoms with van der Waals surface area (Å²) in [5.41, 5.74) is 11.6. The van der Waals surface area contributed by atoms with Gasteiger partial charge in [-0.2, -0.15) is 41.3 Å². The highest BCUT2D eigenvalue weighted by Gasteiger charge is 2.43. The van der Waals surface area contributed by atoms with Crippen LogP contribution < -0.4 is 5.46 Å². The van der Waals surface area contributed by atoms with E-state index in [1.807, 2.05) is 104 Å². The van der Waals surface area contributed by atoms with Gasteiger partial charge in [-0.05, 0) is 122 Å². The fraction of sp³-hybridized carbons (Fsp3) is 0.0241. The molecule has 0 atom stereocenters. The Morgan fingerprint density at radius 3 is 1.06 bits per heavy atom. The van der Waals surface area contributed by atoms with Crippen LogP contribution in [0.1, 0.15) is 33.4 Å². The molecule has 14 nitrogen and oxygen atoms in total. The Balaban J connectivity index is 0.000000128. The largest absolute Gasteiger partial charge is 0.488 e. The highest BCUT2D eigenvalue weighted by atomic mass is 79.9. The summed E-state index contributed by atoms with van der Waals surface area (Å²) in [6.07, 6.45) is 10.9. The van der Waals surface area contributed by atoms with Gasteiger partial charge in [-0.25, -0.2) is 15.0 Å². The van der Waals surface area contributed by atoms with E-state index in [9.17, 15) is 26.3 Å². The molecule has 0 aliphatic heterocycles. The molecule has 0 aliphatic carbocycles. The van der Waals surface area contributed by atoms with E-state index in [0.717, 1.165) is 100 Å². The molecule has 6 aromatic carbocycles. The van der Waals surface area contributed by atoms with Crippen molar-refractivity contribution < 1.29 is 36.4 Å². The first-order chi connectivity index (χ1) is 51.3. The Morgan fingerprint density at radius 1 is 0.340 bits per heavy atom. The van der Waals surface area contributed by atoms with Gasteiger partial charge in [0.05, 0.1) is 27.9 Å². The Kier molecular flexibility index (Phi) is 20.0. The molecule has 0 amide bonds. The molecule has 0 saturated heterocycles. The minimum absolute atomic E-state index is 0. The Labute approximate surface area is 612 Å². The average molecular weight is 1470 g/mol. The van der Waals surface area contributed by atoms with Crippen molar-refractivity contribution in [3.63, 3.8) is 0 Å². The minimum Gasteiger partial charge on any atom is -0.423 e. The number of fused-ring (bicyclic) bond motifs is 9. The summed E-state index contributed by atoms with van der Waals surface area (Å²) in [7, 11) is -1.87. The van der Waals surface area contributed by atoms with Gasteiger partial charge in [0, 0.05) is 113 Å². The van der Waals surface area contributed by atoms with Crippen molar-refractivity contribution in [3.8, 4) is 22.5 Å². The molecule has 513 valence electrons. The minimum atomic E-state index is -1.87. The maximum atomic E-state index is 14.1. The summed E-state index contributed by atoms with van der Waals surface area (Å²) in [6.45, 7) is 0. The van der Waals surface area contributed by atoms with Crippen LogP contribution in [-0.2, 0) is 11.1 Å². The predicted octanol–water partition coefficient (Wildman–Crippen LogP) is 17.1. The number of nitrogens with one attached hydrogen (secondary N) is 1. The van der Waals surface area contributed by atoms with Crippen molar-refractivity contribution in [1.82, 2.24) is 59.0 Å². The standard InChI is InChI=1S/C34H22F2N4.C29H20BrN3.C15H8F2N4.C5H4BF2NO2.B/c35-31-20-23(21-32(36)39-31)29-17-16-27-28-22-37-19-18-30(28)40(33(27)38-29)34(24-10-4-1-5-11-24,25-12-6-2-7-13-25)26-14-8-3-9-15-26;30-27-17-16-24-25-20-31-19-18-26(25)33(28(24)32-27)29(21-10-4-1-5-11-21,22-12-6-2-7-13-22)23-14-8-3-9-15-23;16-13-5-8(6-14(17)21-13)11-2-1-9-10-7-18-4-3-12(10)20-15(9)19-11;7-4-1-3(6(10)11)2-5(8)9-4;/h1-22H;1-20H;1-7H,(H,19,20);1-2,10-11H;. The lowest BCUT2D eigenvalue weighted by molar-refractivity contribution is 0.423. The van der Waals surface area contributed by atoms with Crippen LogP contribution in [0.5, 0.6) is 0 Å². The molecule has 0 unspecified atom stereocenters. The van der Waals surface area contributed by atoms with E-state index >= 15 is 0 Å². The topological polar surface area (TPSA) is 182 Å². The number of benzene rings is 6. The van der Waals surface area contributed by atoms with E-state index in [1.165, 1.54) is 28.8 Å². The summed E-state index contributed by atoms with van der Waals surface area (Å²) in [5.74, 6) is -5.68. The zero-order chi connectivity index (χ0) is 72.2. The number of aromatic amines is 1. The summed E-state index contributed by atoms with van der Waals surface area (Å²) >= 11 is 3.62. The van der Waals surface area contributed by atoms with E-state index in [1.54, 1.807) is 30.7 Å². The number of rotatable bonds is 11. The number of nitrogens with zero attached hydrogens (tertiary/aromatic N) is 11. The lowest BCUT2D eigenvalue weighted by atomic mass is 9.76. The zero-order valence-electron chi connectivity index (χ0n) is 55.6. The lowest BCUT2D eigenvalue weighted by Gasteiger charge is -2.38. The highest BCUT2D eigenvalue weighted by molar-refractivity contribution is 9.10. The lowest BCUT2D eigenvalue weighted by Crippen LogP contribution is -2.37. The van der Waals surface area contributed by atoms with Gasteiger partial charge in [-0.15, -0.1) is 0 Å². The van der Waals surface area contributed by atoms with Gasteiger partial charge in [0.15, 0.2) is 0 Å². The van der Waals surface area contributed by atoms with Gasteiger partial charge in [0.2, 0.25) is 35.7 Å². The van der Waals surface area contributed by atoms with Gasteiger partial charge in [0.1, 0.15) is 32.6 Å². The maximum absolute atomic E-state index is 14.1. The second-order valence-electron chi connectivity index (χ2n) is 24.2. The van der Waals surface area contributed by atoms with Crippen molar-refractivity contribution in [2.24, 2.45) is 0 Å². The normalized spacial score (nSPS) is 11.4. The molecule has 12 heterocycles. The third kappa shape index (κ3) is 13.4. The van der Waals surface area contributed by atoms with Crippen LogP contribution in [0.2, 0.25) is 0 Å². The summed E-state index contributed by atoms with van der Waals surface area (Å²) < 4.78 is 84.5. The first-order valence-corrected chi connectivity index (χ1v) is 33.6. The molecule has 18 aromatic rings. The van der Waals surface area contributed by atoms with E-state index in [0.29, 0.717) is 33.8 Å². The Morgan fingerprint density at radius 2 is 0.670 bits per heavy atom. The molecule has 3 radical (unpaired) electrons. The second kappa shape index (κ2) is 30.2. The average Bonchev–Trinajstić information content (AvgIpc) is 1.64. The summed E-state index contributed by atoms with van der Waals surface area (Å²) in [5, 5.41) is 22.8. The number of hydrogen-bond donors (Lipinski definition) is 3. The SMILES string of the molecule is Brc1ccc2c3cnccc3n(C(c3ccccc3)(c3ccccc3)c3ccccc3)c2n1.Fc1cc(-c2ccc3c(n2)[nH]c2ccncc23)cc(F)n1.Fc1cc(-c2ccc3c4cnccc4n(C(c4ccccc4)(c4ccccc4)c4ccccc4)c3n2)cc(F)n1.OB(O)c1cc(F)nc(F)c1.[B]. The number of pyridine rings is 9. The Hall–Kier alpha value is -12.8. The fourth-order valence-corrected chi connectivity index (χ4v) is 14.1. The maximum Gasteiger partial charge on any atom is 0.488 e.